The first kappa shape index (κ1) is 17.6. The van der Waals surface area contributed by atoms with E-state index in [1.165, 1.54) is 0 Å². The average Bonchev–Trinajstić information content (AvgIpc) is 3.22. The summed E-state index contributed by atoms with van der Waals surface area (Å²) in [6.45, 7) is 3.36. The summed E-state index contributed by atoms with van der Waals surface area (Å²) in [5.41, 5.74) is 1.99. The molecule has 26 heavy (non-hydrogen) atoms. The number of nitrogens with zero attached hydrogens (tertiary/aromatic N) is 2. The van der Waals surface area contributed by atoms with Crippen molar-refractivity contribution in [1.82, 2.24) is 15.2 Å². The van der Waals surface area contributed by atoms with Gasteiger partial charge < -0.3 is 10.1 Å². The first-order valence-corrected chi connectivity index (χ1v) is 10.1. The van der Waals surface area contributed by atoms with Crippen LogP contribution in [0.5, 0.6) is 0 Å². The number of aromatic nitrogens is 1. The minimum Gasteiger partial charge on any atom is -0.461 e. The van der Waals surface area contributed by atoms with Crippen LogP contribution in [-0.4, -0.2) is 48.6 Å². The molecule has 6 heteroatoms. The van der Waals surface area contributed by atoms with Crippen LogP contribution >= 0.6 is 11.3 Å². The van der Waals surface area contributed by atoms with E-state index < -0.39 is 0 Å². The second-order valence-corrected chi connectivity index (χ2v) is 8.33. The van der Waals surface area contributed by atoms with Crippen LogP contribution < -0.4 is 5.32 Å². The fraction of sp³-hybridized carbons (Fsp3) is 0.500. The van der Waals surface area contributed by atoms with Gasteiger partial charge in [-0.1, -0.05) is 30.3 Å². The third-order valence-electron chi connectivity index (χ3n) is 5.41. The Labute approximate surface area is 158 Å². The van der Waals surface area contributed by atoms with Gasteiger partial charge in [0.2, 0.25) is 0 Å². The topological polar surface area (TPSA) is 54.5 Å². The number of nitrogens with one attached hydrogen (secondary N) is 1. The molecule has 2 fully saturated rings. The lowest BCUT2D eigenvalue weighted by molar-refractivity contribution is -0.150. The maximum atomic E-state index is 12.4. The highest BCUT2D eigenvalue weighted by molar-refractivity contribution is 7.13. The molecule has 2 saturated heterocycles. The molecule has 1 atom stereocenters. The molecule has 138 valence electrons. The Hall–Kier alpha value is -1.76. The Morgan fingerprint density at radius 1 is 1.31 bits per heavy atom. The quantitative estimate of drug-likeness (QED) is 0.819. The van der Waals surface area contributed by atoms with E-state index in [1.54, 1.807) is 11.3 Å². The van der Waals surface area contributed by atoms with Gasteiger partial charge >= 0.3 is 5.97 Å². The number of rotatable bonds is 5. The molecule has 0 bridgehead atoms. The zero-order valence-corrected chi connectivity index (χ0v) is 15.9. The number of cyclic esters (lactones) is 1. The Kier molecular flexibility index (Phi) is 5.07. The van der Waals surface area contributed by atoms with Gasteiger partial charge in [-0.2, -0.15) is 0 Å². The van der Waals surface area contributed by atoms with Gasteiger partial charge in [-0.15, -0.1) is 11.3 Å². The Morgan fingerprint density at radius 3 is 2.85 bits per heavy atom. The highest BCUT2D eigenvalue weighted by atomic mass is 32.1. The van der Waals surface area contributed by atoms with Crippen molar-refractivity contribution in [3.05, 3.63) is 41.4 Å². The molecule has 0 aliphatic carbocycles. The van der Waals surface area contributed by atoms with Crippen LogP contribution in [0.2, 0.25) is 0 Å². The molecule has 3 heterocycles. The molecule has 1 N–H and O–H groups in total. The zero-order chi connectivity index (χ0) is 18.0. The number of carbonyl (C=O) groups excluding carboxylic acids is 1. The Morgan fingerprint density at radius 2 is 2.08 bits per heavy atom. The number of ether oxygens (including phenoxy) is 1. The molecule has 1 aromatic carbocycles. The number of benzene rings is 1. The predicted octanol–water partition coefficient (Wildman–Crippen LogP) is 2.93. The summed E-state index contributed by atoms with van der Waals surface area (Å²) in [5, 5.41) is 6.50. The van der Waals surface area contributed by atoms with Crippen LogP contribution in [0, 0.1) is 5.41 Å². The van der Waals surface area contributed by atoms with E-state index in [-0.39, 0.29) is 17.5 Å². The van der Waals surface area contributed by atoms with Gasteiger partial charge in [0.05, 0.1) is 11.1 Å². The molecule has 0 amide bonds. The van der Waals surface area contributed by atoms with Crippen molar-refractivity contribution in [2.75, 3.05) is 26.7 Å². The maximum absolute atomic E-state index is 12.4. The molecule has 1 spiro atoms. The molecule has 2 aliphatic heterocycles. The summed E-state index contributed by atoms with van der Waals surface area (Å²) in [7, 11) is 2.07. The number of carbonyl (C=O) groups is 1. The summed E-state index contributed by atoms with van der Waals surface area (Å²) in [4.78, 5) is 19.3. The van der Waals surface area contributed by atoms with Crippen molar-refractivity contribution in [2.45, 2.75) is 31.9 Å². The average molecular weight is 372 g/mol. The van der Waals surface area contributed by atoms with E-state index >= 15 is 0 Å². The SMILES string of the molecule is CN(Cc1csc(-c2ccccc2)n1)CC1CC2(CCNCC2)C(=O)O1. The van der Waals surface area contributed by atoms with Crippen molar-refractivity contribution in [3.8, 4) is 10.6 Å². The standard InChI is InChI=1S/C20H25N3O2S/c1-23(12-16-14-26-18(22-16)15-5-3-2-4-6-15)13-17-11-20(19(24)25-17)7-9-21-10-8-20/h2-6,14,17,21H,7-13H2,1H3. The highest BCUT2D eigenvalue weighted by Gasteiger charge is 2.49. The van der Waals surface area contributed by atoms with Gasteiger partial charge in [-0.25, -0.2) is 4.98 Å². The molecule has 4 rings (SSSR count). The van der Waals surface area contributed by atoms with E-state index in [4.69, 9.17) is 9.72 Å². The first-order valence-electron chi connectivity index (χ1n) is 9.25. The molecule has 2 aromatic rings. The smallest absolute Gasteiger partial charge is 0.312 e. The van der Waals surface area contributed by atoms with E-state index in [9.17, 15) is 4.79 Å². The van der Waals surface area contributed by atoms with Crippen LogP contribution in [0.15, 0.2) is 35.7 Å². The van der Waals surface area contributed by atoms with E-state index in [1.807, 2.05) is 18.2 Å². The van der Waals surface area contributed by atoms with E-state index in [0.717, 1.165) is 61.7 Å². The summed E-state index contributed by atoms with van der Waals surface area (Å²) in [6, 6.07) is 10.3. The Bertz CT molecular complexity index is 755. The fourth-order valence-corrected chi connectivity index (χ4v) is 4.85. The molecule has 2 aliphatic rings. The van der Waals surface area contributed by atoms with Crippen LogP contribution in [0.3, 0.4) is 0 Å². The summed E-state index contributed by atoms with van der Waals surface area (Å²) < 4.78 is 5.71. The van der Waals surface area contributed by atoms with Crippen molar-refractivity contribution in [2.24, 2.45) is 5.41 Å². The van der Waals surface area contributed by atoms with Crippen LogP contribution in [-0.2, 0) is 16.1 Å². The Balaban J connectivity index is 1.34. The lowest BCUT2D eigenvalue weighted by atomic mass is 9.76. The van der Waals surface area contributed by atoms with Crippen LogP contribution in [0.4, 0.5) is 0 Å². The summed E-state index contributed by atoms with van der Waals surface area (Å²) in [6.07, 6.45) is 2.65. The molecule has 1 unspecified atom stereocenters. The number of hydrogen-bond acceptors (Lipinski definition) is 6. The van der Waals surface area contributed by atoms with Gasteiger partial charge in [0.1, 0.15) is 11.1 Å². The van der Waals surface area contributed by atoms with Crippen molar-refractivity contribution in [1.29, 1.82) is 0 Å². The first-order chi connectivity index (χ1) is 12.6. The second kappa shape index (κ2) is 7.47. The lowest BCUT2D eigenvalue weighted by Gasteiger charge is -2.29. The monoisotopic (exact) mass is 371 g/mol. The number of esters is 1. The maximum Gasteiger partial charge on any atom is 0.312 e. The largest absolute Gasteiger partial charge is 0.461 e. The zero-order valence-electron chi connectivity index (χ0n) is 15.1. The molecule has 5 nitrogen and oxygen atoms in total. The molecule has 0 radical (unpaired) electrons. The van der Waals surface area contributed by atoms with Crippen molar-refractivity contribution < 1.29 is 9.53 Å². The third-order valence-corrected chi connectivity index (χ3v) is 6.35. The van der Waals surface area contributed by atoms with Gasteiger partial charge in [0.25, 0.3) is 0 Å². The molecular weight excluding hydrogens is 346 g/mol. The van der Waals surface area contributed by atoms with Gasteiger partial charge in [-0.3, -0.25) is 9.69 Å². The number of likely N-dealkylation sites (N-methyl/N-ethyl adjacent to an activating group) is 1. The predicted molar refractivity (Wildman–Crippen MR) is 103 cm³/mol. The van der Waals surface area contributed by atoms with Crippen LogP contribution in [0.25, 0.3) is 10.6 Å². The van der Waals surface area contributed by atoms with E-state index in [2.05, 4.69) is 34.8 Å². The number of hydrogen-bond donors (Lipinski definition) is 1. The fourth-order valence-electron chi connectivity index (χ4n) is 4.03. The highest BCUT2D eigenvalue weighted by Crippen LogP contribution is 2.41. The van der Waals surface area contributed by atoms with Crippen molar-refractivity contribution in [3.63, 3.8) is 0 Å². The normalized spacial score (nSPS) is 22.1. The summed E-state index contributed by atoms with van der Waals surface area (Å²) >= 11 is 1.68. The van der Waals surface area contributed by atoms with Crippen LogP contribution in [0.1, 0.15) is 25.0 Å². The third kappa shape index (κ3) is 3.68. The van der Waals surface area contributed by atoms with Crippen molar-refractivity contribution >= 4 is 17.3 Å². The molecule has 0 saturated carbocycles. The van der Waals surface area contributed by atoms with Gasteiger partial charge in [0, 0.05) is 30.5 Å². The van der Waals surface area contributed by atoms with Gasteiger partial charge in [0.15, 0.2) is 0 Å². The molecular formula is C20H25N3O2S. The minimum absolute atomic E-state index is 0.00201. The summed E-state index contributed by atoms with van der Waals surface area (Å²) in [5.74, 6) is 0.0115. The lowest BCUT2D eigenvalue weighted by Crippen LogP contribution is -2.39. The molecule has 1 aromatic heterocycles. The van der Waals surface area contributed by atoms with Gasteiger partial charge in [-0.05, 0) is 33.0 Å². The van der Waals surface area contributed by atoms with E-state index in [0.29, 0.717) is 0 Å². The number of piperidine rings is 1. The minimum atomic E-state index is -0.238. The second-order valence-electron chi connectivity index (χ2n) is 7.47. The number of thiazole rings is 1.